The van der Waals surface area contributed by atoms with Crippen molar-refractivity contribution in [3.05, 3.63) is 64.0 Å². The molecule has 19 heavy (non-hydrogen) atoms. The van der Waals surface area contributed by atoms with Crippen LogP contribution in [-0.2, 0) is 6.42 Å². The number of nitrogens with zero attached hydrogens (tertiary/aromatic N) is 1. The van der Waals surface area contributed by atoms with Crippen molar-refractivity contribution in [3.8, 4) is 0 Å². The van der Waals surface area contributed by atoms with Gasteiger partial charge in [0.1, 0.15) is 0 Å². The summed E-state index contributed by atoms with van der Waals surface area (Å²) in [6, 6.07) is 7.90. The third kappa shape index (κ3) is 3.08. The van der Waals surface area contributed by atoms with E-state index < -0.39 is 0 Å². The molecule has 2 heteroatoms. The first-order valence-corrected chi connectivity index (χ1v) is 6.50. The van der Waals surface area contributed by atoms with Crippen LogP contribution in [0.3, 0.4) is 0 Å². The molecule has 0 bridgehead atoms. The summed E-state index contributed by atoms with van der Waals surface area (Å²) in [6.45, 7) is 8.12. The fourth-order valence-corrected chi connectivity index (χ4v) is 2.47. The first-order chi connectivity index (χ1) is 8.97. The van der Waals surface area contributed by atoms with Gasteiger partial charge >= 0.3 is 0 Å². The number of carbonyl (C=O) groups excluding carboxylic acids is 1. The molecular formula is C17H19NO. The Morgan fingerprint density at radius 3 is 2.26 bits per heavy atom. The molecule has 0 atom stereocenters. The Balaban J connectivity index is 2.29. The molecule has 0 N–H and O–H groups in total. The van der Waals surface area contributed by atoms with Gasteiger partial charge in [-0.3, -0.25) is 9.78 Å². The molecule has 98 valence electrons. The van der Waals surface area contributed by atoms with Crippen molar-refractivity contribution in [3.63, 3.8) is 0 Å². The molecule has 0 amide bonds. The summed E-state index contributed by atoms with van der Waals surface area (Å²) in [7, 11) is 0. The maximum atomic E-state index is 12.3. The average Bonchev–Trinajstić information content (AvgIpc) is 2.33. The maximum absolute atomic E-state index is 12.3. The summed E-state index contributed by atoms with van der Waals surface area (Å²) in [5, 5.41) is 0. The normalized spacial score (nSPS) is 10.5. The highest BCUT2D eigenvalue weighted by Crippen LogP contribution is 2.18. The molecule has 0 saturated heterocycles. The zero-order chi connectivity index (χ0) is 14.0. The van der Waals surface area contributed by atoms with Crippen LogP contribution in [0.5, 0.6) is 0 Å². The second kappa shape index (κ2) is 5.35. The molecule has 2 aromatic rings. The van der Waals surface area contributed by atoms with Gasteiger partial charge in [-0.05, 0) is 56.5 Å². The Hall–Kier alpha value is -1.96. The van der Waals surface area contributed by atoms with Crippen molar-refractivity contribution in [2.45, 2.75) is 34.1 Å². The highest BCUT2D eigenvalue weighted by molar-refractivity contribution is 5.97. The van der Waals surface area contributed by atoms with Gasteiger partial charge in [0.25, 0.3) is 0 Å². The number of pyridine rings is 1. The van der Waals surface area contributed by atoms with E-state index in [1.165, 1.54) is 16.7 Å². The van der Waals surface area contributed by atoms with Crippen molar-refractivity contribution in [1.29, 1.82) is 0 Å². The van der Waals surface area contributed by atoms with E-state index in [2.05, 4.69) is 37.9 Å². The molecule has 2 rings (SSSR count). The number of benzene rings is 1. The summed E-state index contributed by atoms with van der Waals surface area (Å²) in [5.41, 5.74) is 6.39. The smallest absolute Gasteiger partial charge is 0.167 e. The third-order valence-electron chi connectivity index (χ3n) is 3.40. The molecule has 0 aliphatic rings. The number of aromatic nitrogens is 1. The van der Waals surface area contributed by atoms with Crippen LogP contribution < -0.4 is 0 Å². The van der Waals surface area contributed by atoms with Crippen LogP contribution in [0.1, 0.15) is 38.3 Å². The van der Waals surface area contributed by atoms with E-state index in [-0.39, 0.29) is 5.78 Å². The molecule has 0 spiro atoms. The Labute approximate surface area is 114 Å². The van der Waals surface area contributed by atoms with Gasteiger partial charge in [-0.2, -0.15) is 0 Å². The molecule has 1 heterocycles. The van der Waals surface area contributed by atoms with Crippen molar-refractivity contribution in [2.24, 2.45) is 0 Å². The van der Waals surface area contributed by atoms with Crippen LogP contribution in [0, 0.1) is 27.7 Å². The highest BCUT2D eigenvalue weighted by Gasteiger charge is 2.11. The van der Waals surface area contributed by atoms with E-state index in [0.717, 1.165) is 16.8 Å². The van der Waals surface area contributed by atoms with E-state index in [1.807, 2.05) is 13.0 Å². The molecule has 0 unspecified atom stereocenters. The van der Waals surface area contributed by atoms with Gasteiger partial charge in [-0.1, -0.05) is 17.7 Å². The second-order valence-electron chi connectivity index (χ2n) is 5.16. The summed E-state index contributed by atoms with van der Waals surface area (Å²) < 4.78 is 0. The van der Waals surface area contributed by atoms with Crippen LogP contribution in [0.15, 0.2) is 30.5 Å². The van der Waals surface area contributed by atoms with Crippen LogP contribution >= 0.6 is 0 Å². The minimum atomic E-state index is 0.153. The van der Waals surface area contributed by atoms with Gasteiger partial charge < -0.3 is 0 Å². The van der Waals surface area contributed by atoms with Gasteiger partial charge in [0.05, 0.1) is 0 Å². The number of carbonyl (C=O) groups is 1. The Morgan fingerprint density at radius 1 is 1.05 bits per heavy atom. The third-order valence-corrected chi connectivity index (χ3v) is 3.40. The molecule has 0 fully saturated rings. The van der Waals surface area contributed by atoms with Crippen molar-refractivity contribution in [1.82, 2.24) is 4.98 Å². The summed E-state index contributed by atoms with van der Waals surface area (Å²) in [4.78, 5) is 16.5. The van der Waals surface area contributed by atoms with Crippen molar-refractivity contribution >= 4 is 5.78 Å². The topological polar surface area (TPSA) is 30.0 Å². The lowest BCUT2D eigenvalue weighted by molar-refractivity contribution is 0.0992. The fourth-order valence-electron chi connectivity index (χ4n) is 2.47. The van der Waals surface area contributed by atoms with E-state index in [1.54, 1.807) is 12.3 Å². The summed E-state index contributed by atoms with van der Waals surface area (Å²) in [5.74, 6) is 0.153. The Bertz CT molecular complexity index is 606. The van der Waals surface area contributed by atoms with Crippen LogP contribution in [0.2, 0.25) is 0 Å². The predicted molar refractivity (Wildman–Crippen MR) is 77.7 cm³/mol. The molecular weight excluding hydrogens is 234 g/mol. The summed E-state index contributed by atoms with van der Waals surface area (Å²) in [6.07, 6.45) is 2.15. The molecule has 0 radical (unpaired) electrons. The van der Waals surface area contributed by atoms with E-state index in [9.17, 15) is 4.79 Å². The number of rotatable bonds is 3. The molecule has 1 aromatic carbocycles. The lowest BCUT2D eigenvalue weighted by Gasteiger charge is -2.11. The zero-order valence-electron chi connectivity index (χ0n) is 11.9. The monoisotopic (exact) mass is 253 g/mol. The summed E-state index contributed by atoms with van der Waals surface area (Å²) >= 11 is 0. The number of aryl methyl sites for hydroxylation is 4. The van der Waals surface area contributed by atoms with Crippen molar-refractivity contribution < 1.29 is 4.79 Å². The average molecular weight is 253 g/mol. The quantitative estimate of drug-likeness (QED) is 0.780. The van der Waals surface area contributed by atoms with Crippen LogP contribution in [0.25, 0.3) is 0 Å². The maximum Gasteiger partial charge on any atom is 0.167 e. The molecule has 0 aliphatic heterocycles. The second-order valence-corrected chi connectivity index (χ2v) is 5.16. The first-order valence-electron chi connectivity index (χ1n) is 6.50. The number of hydrogen-bond donors (Lipinski definition) is 0. The minimum absolute atomic E-state index is 0.153. The number of Topliss-reactive ketones (excluding diaryl/α,β-unsaturated/α-hetero) is 1. The van der Waals surface area contributed by atoms with Crippen molar-refractivity contribution in [2.75, 3.05) is 0 Å². The minimum Gasteiger partial charge on any atom is -0.294 e. The molecule has 0 aliphatic carbocycles. The first kappa shape index (κ1) is 13.5. The zero-order valence-corrected chi connectivity index (χ0v) is 11.9. The predicted octanol–water partition coefficient (Wildman–Crippen LogP) is 3.74. The number of ketones is 1. The van der Waals surface area contributed by atoms with Gasteiger partial charge in [-0.25, -0.2) is 0 Å². The molecule has 0 saturated carbocycles. The molecule has 1 aromatic heterocycles. The van der Waals surface area contributed by atoms with Crippen LogP contribution in [-0.4, -0.2) is 10.8 Å². The number of hydrogen-bond acceptors (Lipinski definition) is 2. The largest absolute Gasteiger partial charge is 0.294 e. The standard InChI is InChI=1S/C17H19NO/c1-11-7-12(2)16(13(3)8-11)10-17(19)15-5-6-18-14(4)9-15/h5-9H,10H2,1-4H3. The SMILES string of the molecule is Cc1cc(C)c(CC(=O)c2ccnc(C)c2)c(C)c1. The lowest BCUT2D eigenvalue weighted by atomic mass is 9.94. The van der Waals surface area contributed by atoms with E-state index >= 15 is 0 Å². The van der Waals surface area contributed by atoms with E-state index in [0.29, 0.717) is 6.42 Å². The highest BCUT2D eigenvalue weighted by atomic mass is 16.1. The van der Waals surface area contributed by atoms with Gasteiger partial charge in [0.15, 0.2) is 5.78 Å². The lowest BCUT2D eigenvalue weighted by Crippen LogP contribution is -2.07. The van der Waals surface area contributed by atoms with Crippen LogP contribution in [0.4, 0.5) is 0 Å². The Morgan fingerprint density at radius 2 is 1.68 bits per heavy atom. The van der Waals surface area contributed by atoms with Gasteiger partial charge in [0, 0.05) is 23.9 Å². The molecule has 2 nitrogen and oxygen atoms in total. The fraction of sp³-hybridized carbons (Fsp3) is 0.294. The van der Waals surface area contributed by atoms with Gasteiger partial charge in [0.2, 0.25) is 0 Å². The van der Waals surface area contributed by atoms with Gasteiger partial charge in [-0.15, -0.1) is 0 Å². The van der Waals surface area contributed by atoms with E-state index in [4.69, 9.17) is 0 Å². The Kier molecular flexibility index (Phi) is 3.79.